The molecule has 0 spiro atoms. The van der Waals surface area contributed by atoms with E-state index < -0.39 is 0 Å². The third-order valence-electron chi connectivity index (χ3n) is 1.86. The fourth-order valence-electron chi connectivity index (χ4n) is 1.06. The SMILES string of the molecule is COC(=O)Cc1ncc(C#N)cc1C. The summed E-state index contributed by atoms with van der Waals surface area (Å²) in [5, 5.41) is 8.60. The van der Waals surface area contributed by atoms with Crippen molar-refractivity contribution in [2.45, 2.75) is 13.3 Å². The summed E-state index contributed by atoms with van der Waals surface area (Å²) < 4.78 is 4.52. The molecule has 1 aromatic heterocycles. The molecule has 0 saturated carbocycles. The number of rotatable bonds is 2. The molecule has 14 heavy (non-hydrogen) atoms. The Hall–Kier alpha value is -1.89. The molecule has 0 aliphatic carbocycles. The fourth-order valence-corrected chi connectivity index (χ4v) is 1.06. The van der Waals surface area contributed by atoms with Crippen molar-refractivity contribution in [2.24, 2.45) is 0 Å². The zero-order chi connectivity index (χ0) is 10.6. The van der Waals surface area contributed by atoms with E-state index in [1.807, 2.05) is 13.0 Å². The molecule has 0 fully saturated rings. The fraction of sp³-hybridized carbons (Fsp3) is 0.300. The molecule has 4 heteroatoms. The van der Waals surface area contributed by atoms with Crippen LogP contribution in [-0.2, 0) is 16.0 Å². The van der Waals surface area contributed by atoms with Gasteiger partial charge in [0.05, 0.1) is 24.8 Å². The van der Waals surface area contributed by atoms with E-state index in [1.165, 1.54) is 13.3 Å². The highest BCUT2D eigenvalue weighted by Crippen LogP contribution is 2.08. The van der Waals surface area contributed by atoms with E-state index in [1.54, 1.807) is 6.07 Å². The lowest BCUT2D eigenvalue weighted by Gasteiger charge is -2.02. The van der Waals surface area contributed by atoms with Crippen LogP contribution in [0.1, 0.15) is 16.8 Å². The Morgan fingerprint density at radius 3 is 2.93 bits per heavy atom. The Bertz CT molecular complexity index is 394. The van der Waals surface area contributed by atoms with Crippen LogP contribution in [0.15, 0.2) is 12.3 Å². The van der Waals surface area contributed by atoms with Gasteiger partial charge in [-0.2, -0.15) is 5.26 Å². The molecule has 0 N–H and O–H groups in total. The summed E-state index contributed by atoms with van der Waals surface area (Å²) in [6, 6.07) is 3.68. The molecule has 0 saturated heterocycles. The Kier molecular flexibility index (Phi) is 3.19. The van der Waals surface area contributed by atoms with Gasteiger partial charge < -0.3 is 4.74 Å². The van der Waals surface area contributed by atoms with E-state index in [0.29, 0.717) is 11.3 Å². The molecule has 0 amide bonds. The summed E-state index contributed by atoms with van der Waals surface area (Å²) in [6.07, 6.45) is 1.60. The van der Waals surface area contributed by atoms with E-state index in [-0.39, 0.29) is 12.4 Å². The van der Waals surface area contributed by atoms with Gasteiger partial charge in [0.2, 0.25) is 0 Å². The van der Waals surface area contributed by atoms with Crippen molar-refractivity contribution in [3.63, 3.8) is 0 Å². The van der Waals surface area contributed by atoms with Crippen molar-refractivity contribution in [3.8, 4) is 6.07 Å². The topological polar surface area (TPSA) is 63.0 Å². The number of carbonyl (C=O) groups excluding carboxylic acids is 1. The zero-order valence-corrected chi connectivity index (χ0v) is 8.07. The largest absolute Gasteiger partial charge is 0.469 e. The summed E-state index contributed by atoms with van der Waals surface area (Å²) in [5.74, 6) is -0.328. The van der Waals surface area contributed by atoms with E-state index in [2.05, 4.69) is 9.72 Å². The molecule has 72 valence electrons. The van der Waals surface area contributed by atoms with E-state index >= 15 is 0 Å². The number of carbonyl (C=O) groups is 1. The Labute approximate surface area is 82.1 Å². The van der Waals surface area contributed by atoms with Gasteiger partial charge in [-0.05, 0) is 18.6 Å². The first-order valence-electron chi connectivity index (χ1n) is 4.10. The Morgan fingerprint density at radius 2 is 2.43 bits per heavy atom. The summed E-state index contributed by atoms with van der Waals surface area (Å²) in [7, 11) is 1.33. The molecule has 0 aromatic carbocycles. The number of nitrogens with zero attached hydrogens (tertiary/aromatic N) is 2. The van der Waals surface area contributed by atoms with E-state index in [9.17, 15) is 4.79 Å². The van der Waals surface area contributed by atoms with Gasteiger partial charge in [-0.15, -0.1) is 0 Å². The number of methoxy groups -OCH3 is 1. The highest BCUT2D eigenvalue weighted by Gasteiger charge is 2.07. The first-order chi connectivity index (χ1) is 6.67. The van der Waals surface area contributed by atoms with Crippen LogP contribution in [0.2, 0.25) is 0 Å². The minimum atomic E-state index is -0.328. The predicted octanol–water partition coefficient (Wildman–Crippen LogP) is 0.977. The molecule has 0 unspecified atom stereocenters. The average Bonchev–Trinajstić information content (AvgIpc) is 2.20. The number of esters is 1. The van der Waals surface area contributed by atoms with Gasteiger partial charge in [-0.25, -0.2) is 0 Å². The second-order valence-corrected chi connectivity index (χ2v) is 2.85. The van der Waals surface area contributed by atoms with Crippen LogP contribution in [-0.4, -0.2) is 18.1 Å². The zero-order valence-electron chi connectivity index (χ0n) is 8.07. The maximum atomic E-state index is 11.0. The highest BCUT2D eigenvalue weighted by atomic mass is 16.5. The number of hydrogen-bond donors (Lipinski definition) is 0. The average molecular weight is 190 g/mol. The van der Waals surface area contributed by atoms with Gasteiger partial charge in [-0.1, -0.05) is 0 Å². The van der Waals surface area contributed by atoms with Gasteiger partial charge in [0.15, 0.2) is 0 Å². The summed E-state index contributed by atoms with van der Waals surface area (Å²) in [4.78, 5) is 15.0. The van der Waals surface area contributed by atoms with Crippen molar-refractivity contribution in [1.29, 1.82) is 5.26 Å². The molecular formula is C10H10N2O2. The molecule has 0 bridgehead atoms. The third kappa shape index (κ3) is 2.30. The van der Waals surface area contributed by atoms with Crippen molar-refractivity contribution in [2.75, 3.05) is 7.11 Å². The number of nitriles is 1. The molecule has 1 rings (SSSR count). The van der Waals surface area contributed by atoms with Crippen molar-refractivity contribution >= 4 is 5.97 Å². The molecule has 4 nitrogen and oxygen atoms in total. The molecule has 0 aliphatic rings. The van der Waals surface area contributed by atoms with Gasteiger partial charge >= 0.3 is 5.97 Å². The number of aromatic nitrogens is 1. The second-order valence-electron chi connectivity index (χ2n) is 2.85. The molecule has 1 heterocycles. The maximum absolute atomic E-state index is 11.0. The lowest BCUT2D eigenvalue weighted by Crippen LogP contribution is -2.07. The van der Waals surface area contributed by atoms with Crippen molar-refractivity contribution in [3.05, 3.63) is 29.1 Å². The standard InChI is InChI=1S/C10H10N2O2/c1-7-3-8(5-11)6-12-9(7)4-10(13)14-2/h3,6H,4H2,1-2H3. The van der Waals surface area contributed by atoms with E-state index in [4.69, 9.17) is 5.26 Å². The smallest absolute Gasteiger partial charge is 0.311 e. The lowest BCUT2D eigenvalue weighted by molar-refractivity contribution is -0.139. The number of hydrogen-bond acceptors (Lipinski definition) is 4. The first kappa shape index (κ1) is 10.2. The van der Waals surface area contributed by atoms with Crippen LogP contribution in [0, 0.1) is 18.3 Å². The number of aryl methyl sites for hydroxylation is 1. The molecule has 0 atom stereocenters. The highest BCUT2D eigenvalue weighted by molar-refractivity contribution is 5.72. The molecule has 0 radical (unpaired) electrons. The minimum Gasteiger partial charge on any atom is -0.469 e. The molecular weight excluding hydrogens is 180 g/mol. The summed E-state index contributed by atoms with van der Waals surface area (Å²) >= 11 is 0. The number of ether oxygens (including phenoxy) is 1. The van der Waals surface area contributed by atoms with Gasteiger partial charge in [0.25, 0.3) is 0 Å². The van der Waals surface area contributed by atoms with Crippen LogP contribution >= 0.6 is 0 Å². The van der Waals surface area contributed by atoms with E-state index in [0.717, 1.165) is 5.56 Å². The Balaban J connectivity index is 2.90. The molecule has 1 aromatic rings. The summed E-state index contributed by atoms with van der Waals surface area (Å²) in [6.45, 7) is 1.81. The van der Waals surface area contributed by atoms with Crippen LogP contribution in [0.25, 0.3) is 0 Å². The maximum Gasteiger partial charge on any atom is 0.311 e. The minimum absolute atomic E-state index is 0.147. The van der Waals surface area contributed by atoms with Gasteiger partial charge in [0.1, 0.15) is 6.07 Å². The third-order valence-corrected chi connectivity index (χ3v) is 1.86. The van der Waals surface area contributed by atoms with Crippen LogP contribution in [0.3, 0.4) is 0 Å². The predicted molar refractivity (Wildman–Crippen MR) is 49.4 cm³/mol. The summed E-state index contributed by atoms with van der Waals surface area (Å²) in [5.41, 5.74) is 1.97. The molecule has 0 aliphatic heterocycles. The quantitative estimate of drug-likeness (QED) is 0.652. The first-order valence-corrected chi connectivity index (χ1v) is 4.10. The number of pyridine rings is 1. The lowest BCUT2D eigenvalue weighted by atomic mass is 10.1. The normalized spacial score (nSPS) is 9.21. The Morgan fingerprint density at radius 1 is 1.71 bits per heavy atom. The monoisotopic (exact) mass is 190 g/mol. The second kappa shape index (κ2) is 4.38. The van der Waals surface area contributed by atoms with Crippen molar-refractivity contribution in [1.82, 2.24) is 4.98 Å². The van der Waals surface area contributed by atoms with Crippen LogP contribution < -0.4 is 0 Å². The van der Waals surface area contributed by atoms with Crippen LogP contribution in [0.4, 0.5) is 0 Å². The van der Waals surface area contributed by atoms with Gasteiger partial charge in [-0.3, -0.25) is 9.78 Å². The van der Waals surface area contributed by atoms with Crippen molar-refractivity contribution < 1.29 is 9.53 Å². The van der Waals surface area contributed by atoms with Crippen LogP contribution in [0.5, 0.6) is 0 Å². The van der Waals surface area contributed by atoms with Gasteiger partial charge in [0, 0.05) is 6.20 Å².